The van der Waals surface area contributed by atoms with Gasteiger partial charge in [0.25, 0.3) is 0 Å². The molecule has 7 heteroatoms. The summed E-state index contributed by atoms with van der Waals surface area (Å²) >= 11 is 0. The van der Waals surface area contributed by atoms with Gasteiger partial charge in [-0.25, -0.2) is 9.36 Å². The molecule has 1 unspecified atom stereocenters. The third kappa shape index (κ3) is 20.9. The molecular weight excluding hydrogens is 478 g/mol. The fourth-order valence-corrected chi connectivity index (χ4v) is 4.44. The van der Waals surface area contributed by atoms with Crippen molar-refractivity contribution >= 4 is 12.0 Å². The van der Waals surface area contributed by atoms with Gasteiger partial charge in [-0.15, -0.1) is 0 Å². The Kier molecular flexibility index (Phi) is 22.4. The quantitative estimate of drug-likeness (QED) is 0.111. The number of rotatable bonds is 25. The van der Waals surface area contributed by atoms with E-state index in [9.17, 15) is 9.59 Å². The fraction of sp³-hybridized carbons (Fsp3) is 0.774. The van der Waals surface area contributed by atoms with Crippen LogP contribution in [0.15, 0.2) is 30.6 Å². The topological polar surface area (TPSA) is 80.5 Å². The van der Waals surface area contributed by atoms with Crippen LogP contribution in [0.25, 0.3) is 0 Å². The average Bonchev–Trinajstić information content (AvgIpc) is 2.94. The molecule has 218 valence electrons. The standard InChI is InChI=1S/C31H55N3O4/c1-3-4-5-6-7-8-9-10-11-12-13-14-15-16-17-21-26-37-28-29(38-31(36)32-2)27-33-30(35)22-25-34-23-19-18-20-24-34/h18-20,23-24,29H,3-17,21-22,25-28H2,1-2H3,(H-,32,33,35,36)/p+1. The maximum Gasteiger partial charge on any atom is 0.407 e. The van der Waals surface area contributed by atoms with Crippen LogP contribution < -0.4 is 15.2 Å². The van der Waals surface area contributed by atoms with Crippen molar-refractivity contribution in [3.05, 3.63) is 30.6 Å². The zero-order chi connectivity index (χ0) is 27.5. The Morgan fingerprint density at radius 3 is 1.82 bits per heavy atom. The molecule has 38 heavy (non-hydrogen) atoms. The lowest BCUT2D eigenvalue weighted by Crippen LogP contribution is -2.41. The van der Waals surface area contributed by atoms with E-state index in [1.165, 1.54) is 96.9 Å². The molecule has 2 amide bonds. The third-order valence-electron chi connectivity index (χ3n) is 6.83. The predicted molar refractivity (Wildman–Crippen MR) is 154 cm³/mol. The maximum atomic E-state index is 12.2. The van der Waals surface area contributed by atoms with Crippen LogP contribution in [0.1, 0.15) is 116 Å². The van der Waals surface area contributed by atoms with Crippen molar-refractivity contribution in [1.29, 1.82) is 0 Å². The second-order valence-corrected chi connectivity index (χ2v) is 10.3. The first-order chi connectivity index (χ1) is 18.7. The second kappa shape index (κ2) is 25.1. The monoisotopic (exact) mass is 534 g/mol. The van der Waals surface area contributed by atoms with Crippen molar-refractivity contribution in [3.63, 3.8) is 0 Å². The first-order valence-corrected chi connectivity index (χ1v) is 15.3. The van der Waals surface area contributed by atoms with Crippen molar-refractivity contribution in [2.24, 2.45) is 0 Å². The van der Waals surface area contributed by atoms with Gasteiger partial charge in [0.15, 0.2) is 18.9 Å². The molecule has 1 aromatic heterocycles. The molecule has 0 aliphatic heterocycles. The van der Waals surface area contributed by atoms with Crippen LogP contribution in [0.3, 0.4) is 0 Å². The Labute approximate surface area is 232 Å². The van der Waals surface area contributed by atoms with Gasteiger partial charge in [0.2, 0.25) is 5.91 Å². The number of hydrogen-bond donors (Lipinski definition) is 2. The van der Waals surface area contributed by atoms with E-state index >= 15 is 0 Å². The van der Waals surface area contributed by atoms with Crippen LogP contribution >= 0.6 is 0 Å². The number of hydrogen-bond acceptors (Lipinski definition) is 4. The summed E-state index contributed by atoms with van der Waals surface area (Å²) in [6.45, 7) is 4.04. The molecule has 1 atom stereocenters. The van der Waals surface area contributed by atoms with Crippen molar-refractivity contribution in [1.82, 2.24) is 10.6 Å². The Morgan fingerprint density at radius 1 is 0.763 bits per heavy atom. The average molecular weight is 535 g/mol. The van der Waals surface area contributed by atoms with Crippen LogP contribution in [0.5, 0.6) is 0 Å². The van der Waals surface area contributed by atoms with E-state index in [2.05, 4.69) is 17.6 Å². The molecule has 0 radical (unpaired) electrons. The van der Waals surface area contributed by atoms with Gasteiger partial charge in [-0.05, 0) is 6.42 Å². The number of ether oxygens (including phenoxy) is 2. The van der Waals surface area contributed by atoms with Crippen molar-refractivity contribution in [3.8, 4) is 0 Å². The lowest BCUT2D eigenvalue weighted by Gasteiger charge is -2.18. The van der Waals surface area contributed by atoms with E-state index in [-0.39, 0.29) is 19.1 Å². The van der Waals surface area contributed by atoms with Gasteiger partial charge in [0, 0.05) is 25.8 Å². The Bertz CT molecular complexity index is 687. The summed E-state index contributed by atoms with van der Waals surface area (Å²) in [4.78, 5) is 23.9. The number of aryl methyl sites for hydroxylation is 1. The molecular formula is C31H56N3O4+. The number of alkyl carbamates (subject to hydrolysis) is 1. The summed E-state index contributed by atoms with van der Waals surface area (Å²) in [5.41, 5.74) is 0. The minimum Gasteiger partial charge on any atom is -0.442 e. The summed E-state index contributed by atoms with van der Waals surface area (Å²) in [7, 11) is 1.52. The fourth-order valence-electron chi connectivity index (χ4n) is 4.44. The summed E-state index contributed by atoms with van der Waals surface area (Å²) in [6.07, 6.45) is 24.6. The second-order valence-electron chi connectivity index (χ2n) is 10.3. The van der Waals surface area contributed by atoms with E-state index in [0.29, 0.717) is 19.6 Å². The van der Waals surface area contributed by atoms with E-state index in [1.54, 1.807) is 0 Å². The lowest BCUT2D eigenvalue weighted by molar-refractivity contribution is -0.695. The summed E-state index contributed by atoms with van der Waals surface area (Å²) in [6, 6.07) is 5.81. The number of carbonyl (C=O) groups excluding carboxylic acids is 2. The van der Waals surface area contributed by atoms with E-state index in [4.69, 9.17) is 9.47 Å². The smallest absolute Gasteiger partial charge is 0.407 e. The molecule has 1 heterocycles. The van der Waals surface area contributed by atoms with Gasteiger partial charge in [0.05, 0.1) is 19.6 Å². The molecule has 1 rings (SSSR count). The number of pyridine rings is 1. The molecule has 1 aromatic rings. The first kappa shape index (κ1) is 33.9. The number of aromatic nitrogens is 1. The summed E-state index contributed by atoms with van der Waals surface area (Å²) < 4.78 is 13.1. The van der Waals surface area contributed by atoms with Crippen LogP contribution in [-0.4, -0.2) is 44.9 Å². The minimum absolute atomic E-state index is 0.0790. The van der Waals surface area contributed by atoms with Crippen molar-refractivity contribution in [2.75, 3.05) is 26.8 Å². The molecule has 0 spiro atoms. The molecule has 0 aliphatic rings. The summed E-state index contributed by atoms with van der Waals surface area (Å²) in [5, 5.41) is 5.31. The van der Waals surface area contributed by atoms with Crippen LogP contribution in [0.4, 0.5) is 4.79 Å². The zero-order valence-electron chi connectivity index (χ0n) is 24.4. The Balaban J connectivity index is 1.99. The maximum absolute atomic E-state index is 12.2. The van der Waals surface area contributed by atoms with Crippen LogP contribution in [-0.2, 0) is 20.8 Å². The van der Waals surface area contributed by atoms with Gasteiger partial charge in [-0.3, -0.25) is 4.79 Å². The molecule has 0 saturated heterocycles. The molecule has 2 N–H and O–H groups in total. The normalized spacial score (nSPS) is 11.7. The van der Waals surface area contributed by atoms with Gasteiger partial charge in [0.1, 0.15) is 6.10 Å². The van der Waals surface area contributed by atoms with Gasteiger partial charge >= 0.3 is 6.09 Å². The third-order valence-corrected chi connectivity index (χ3v) is 6.83. The Hall–Kier alpha value is -2.15. The number of unbranched alkanes of at least 4 members (excludes halogenated alkanes) is 15. The number of carbonyl (C=O) groups is 2. The highest BCUT2D eigenvalue weighted by Crippen LogP contribution is 2.13. The Morgan fingerprint density at radius 2 is 1.29 bits per heavy atom. The number of amides is 2. The summed E-state index contributed by atoms with van der Waals surface area (Å²) in [5.74, 6) is -0.0790. The van der Waals surface area contributed by atoms with Crippen LogP contribution in [0, 0.1) is 0 Å². The number of nitrogens with zero attached hydrogens (tertiary/aromatic N) is 1. The highest BCUT2D eigenvalue weighted by molar-refractivity contribution is 5.75. The van der Waals surface area contributed by atoms with E-state index in [0.717, 1.165) is 12.8 Å². The molecule has 0 aliphatic carbocycles. The molecule has 7 nitrogen and oxygen atoms in total. The van der Waals surface area contributed by atoms with Crippen molar-refractivity contribution < 1.29 is 23.6 Å². The lowest BCUT2D eigenvalue weighted by atomic mass is 10.0. The van der Waals surface area contributed by atoms with Crippen LogP contribution in [0.2, 0.25) is 0 Å². The molecule has 0 fully saturated rings. The SMILES string of the molecule is CCCCCCCCCCCCCCCCCCOCC(CNC(=O)CC[n+]1ccccc1)OC(=O)NC. The van der Waals surface area contributed by atoms with Gasteiger partial charge in [-0.1, -0.05) is 109 Å². The van der Waals surface area contributed by atoms with E-state index < -0.39 is 12.2 Å². The minimum atomic E-state index is -0.518. The molecule has 0 aromatic carbocycles. The molecule has 0 saturated carbocycles. The largest absolute Gasteiger partial charge is 0.442 e. The zero-order valence-corrected chi connectivity index (χ0v) is 24.4. The predicted octanol–water partition coefficient (Wildman–Crippen LogP) is 6.48. The molecule has 0 bridgehead atoms. The highest BCUT2D eigenvalue weighted by Gasteiger charge is 2.16. The van der Waals surface area contributed by atoms with E-state index in [1.807, 2.05) is 35.2 Å². The van der Waals surface area contributed by atoms with Crippen molar-refractivity contribution in [2.45, 2.75) is 129 Å². The van der Waals surface area contributed by atoms with Gasteiger partial charge < -0.3 is 20.1 Å². The first-order valence-electron chi connectivity index (χ1n) is 15.3. The number of nitrogens with one attached hydrogen (secondary N) is 2. The van der Waals surface area contributed by atoms with Gasteiger partial charge in [-0.2, -0.15) is 0 Å². The highest BCUT2D eigenvalue weighted by atomic mass is 16.6.